The van der Waals surface area contributed by atoms with E-state index in [1.54, 1.807) is 6.92 Å². The number of nitrogens with one attached hydrogen (secondary N) is 1. The third-order valence-electron chi connectivity index (χ3n) is 4.31. The monoisotopic (exact) mass is 283 g/mol. The second-order valence-corrected chi connectivity index (χ2v) is 5.98. The maximum Gasteiger partial charge on any atom is 0.159 e. The molecule has 1 saturated carbocycles. The first-order valence-corrected chi connectivity index (χ1v) is 7.61. The Labute approximate surface area is 125 Å². The van der Waals surface area contributed by atoms with Crippen LogP contribution in [0.5, 0.6) is 0 Å². The Bertz CT molecular complexity index is 657. The van der Waals surface area contributed by atoms with Crippen LogP contribution < -0.4 is 5.32 Å². The first-order valence-electron chi connectivity index (χ1n) is 7.61. The lowest BCUT2D eigenvalue weighted by atomic mass is 9.93. The number of carbonyl (C=O) groups is 1. The predicted octanol–water partition coefficient (Wildman–Crippen LogP) is 3.76. The van der Waals surface area contributed by atoms with E-state index >= 15 is 0 Å². The fourth-order valence-electron chi connectivity index (χ4n) is 3.01. The molecule has 0 saturated heterocycles. The van der Waals surface area contributed by atoms with Gasteiger partial charge < -0.3 is 10.4 Å². The van der Waals surface area contributed by atoms with Gasteiger partial charge in [0.15, 0.2) is 5.78 Å². The highest BCUT2D eigenvalue weighted by molar-refractivity contribution is 5.99. The number of Topliss-reactive ketones (excluding diaryl/α,β-unsaturated/α-hetero) is 1. The summed E-state index contributed by atoms with van der Waals surface area (Å²) in [6, 6.07) is 12.5. The summed E-state index contributed by atoms with van der Waals surface area (Å²) in [6.45, 7) is 1.59. The van der Waals surface area contributed by atoms with Gasteiger partial charge in [0.05, 0.1) is 6.10 Å². The SMILES string of the molecule is CC(=O)c1ccc2cc(NC3CCC(O)CC3)ccc2c1. The highest BCUT2D eigenvalue weighted by Crippen LogP contribution is 2.25. The van der Waals surface area contributed by atoms with Crippen molar-refractivity contribution < 1.29 is 9.90 Å². The summed E-state index contributed by atoms with van der Waals surface area (Å²) in [7, 11) is 0. The Balaban J connectivity index is 1.78. The summed E-state index contributed by atoms with van der Waals surface area (Å²) in [5.74, 6) is 0.0971. The lowest BCUT2D eigenvalue weighted by Gasteiger charge is -2.27. The minimum absolute atomic E-state index is 0.0971. The molecule has 0 unspecified atom stereocenters. The minimum atomic E-state index is -0.121. The molecule has 21 heavy (non-hydrogen) atoms. The van der Waals surface area contributed by atoms with E-state index in [1.807, 2.05) is 18.2 Å². The smallest absolute Gasteiger partial charge is 0.159 e. The van der Waals surface area contributed by atoms with Crippen molar-refractivity contribution in [1.29, 1.82) is 0 Å². The van der Waals surface area contributed by atoms with Crippen LogP contribution in [-0.4, -0.2) is 23.0 Å². The number of ketones is 1. The maximum atomic E-state index is 11.4. The zero-order valence-electron chi connectivity index (χ0n) is 12.3. The van der Waals surface area contributed by atoms with Crippen molar-refractivity contribution in [3.05, 3.63) is 42.0 Å². The van der Waals surface area contributed by atoms with Crippen LogP contribution in [0, 0.1) is 0 Å². The number of hydrogen-bond acceptors (Lipinski definition) is 3. The summed E-state index contributed by atoms with van der Waals surface area (Å²) >= 11 is 0. The van der Waals surface area contributed by atoms with Crippen LogP contribution in [0.3, 0.4) is 0 Å². The van der Waals surface area contributed by atoms with E-state index in [4.69, 9.17) is 0 Å². The molecule has 3 rings (SSSR count). The molecule has 2 aromatic carbocycles. The van der Waals surface area contributed by atoms with E-state index in [-0.39, 0.29) is 11.9 Å². The van der Waals surface area contributed by atoms with Gasteiger partial charge >= 0.3 is 0 Å². The first-order chi connectivity index (χ1) is 10.1. The predicted molar refractivity (Wildman–Crippen MR) is 85.8 cm³/mol. The van der Waals surface area contributed by atoms with E-state index in [0.717, 1.165) is 47.7 Å². The minimum Gasteiger partial charge on any atom is -0.393 e. The Morgan fingerprint density at radius 2 is 1.71 bits per heavy atom. The Morgan fingerprint density at radius 3 is 2.43 bits per heavy atom. The molecule has 0 aromatic heterocycles. The molecular weight excluding hydrogens is 262 g/mol. The summed E-state index contributed by atoms with van der Waals surface area (Å²) in [5.41, 5.74) is 1.86. The highest BCUT2D eigenvalue weighted by Gasteiger charge is 2.18. The Hall–Kier alpha value is -1.87. The number of rotatable bonds is 3. The van der Waals surface area contributed by atoms with Crippen molar-refractivity contribution >= 4 is 22.2 Å². The van der Waals surface area contributed by atoms with E-state index in [0.29, 0.717) is 6.04 Å². The fourth-order valence-corrected chi connectivity index (χ4v) is 3.01. The van der Waals surface area contributed by atoms with Crippen LogP contribution in [0.4, 0.5) is 5.69 Å². The average molecular weight is 283 g/mol. The van der Waals surface area contributed by atoms with Crippen LogP contribution in [0.25, 0.3) is 10.8 Å². The molecule has 3 nitrogen and oxygen atoms in total. The number of benzene rings is 2. The molecule has 1 aliphatic carbocycles. The lowest BCUT2D eigenvalue weighted by molar-refractivity contribution is 0.101. The molecular formula is C18H21NO2. The number of carbonyl (C=O) groups excluding carboxylic acids is 1. The van der Waals surface area contributed by atoms with Gasteiger partial charge in [-0.2, -0.15) is 0 Å². The molecule has 3 heteroatoms. The van der Waals surface area contributed by atoms with Gasteiger partial charge in [-0.1, -0.05) is 18.2 Å². The van der Waals surface area contributed by atoms with Gasteiger partial charge in [0.1, 0.15) is 0 Å². The van der Waals surface area contributed by atoms with E-state index < -0.39 is 0 Å². The van der Waals surface area contributed by atoms with Crippen molar-refractivity contribution in [2.24, 2.45) is 0 Å². The average Bonchev–Trinajstić information content (AvgIpc) is 2.49. The van der Waals surface area contributed by atoms with Crippen molar-refractivity contribution in [2.45, 2.75) is 44.8 Å². The van der Waals surface area contributed by atoms with E-state index in [9.17, 15) is 9.90 Å². The standard InChI is InChI=1S/C18H21NO2/c1-12(20)13-2-3-15-11-17(5-4-14(15)10-13)19-16-6-8-18(21)9-7-16/h2-5,10-11,16,18-19,21H,6-9H2,1H3. The summed E-state index contributed by atoms with van der Waals surface area (Å²) in [6.07, 6.45) is 3.68. The molecule has 110 valence electrons. The van der Waals surface area contributed by atoms with Gasteiger partial charge in [-0.05, 0) is 61.6 Å². The second-order valence-electron chi connectivity index (χ2n) is 5.98. The number of aliphatic hydroxyl groups excluding tert-OH is 1. The maximum absolute atomic E-state index is 11.4. The molecule has 0 atom stereocenters. The molecule has 0 heterocycles. The van der Waals surface area contributed by atoms with Crippen molar-refractivity contribution in [3.63, 3.8) is 0 Å². The third kappa shape index (κ3) is 3.24. The zero-order chi connectivity index (χ0) is 14.8. The molecule has 0 bridgehead atoms. The van der Waals surface area contributed by atoms with E-state index in [1.165, 1.54) is 0 Å². The van der Waals surface area contributed by atoms with Gasteiger partial charge in [-0.15, -0.1) is 0 Å². The van der Waals surface area contributed by atoms with Gasteiger partial charge in [-0.3, -0.25) is 4.79 Å². The van der Waals surface area contributed by atoms with Gasteiger partial charge in [0.2, 0.25) is 0 Å². The van der Waals surface area contributed by atoms with E-state index in [2.05, 4.69) is 23.5 Å². The number of fused-ring (bicyclic) bond motifs is 1. The summed E-state index contributed by atoms with van der Waals surface area (Å²) < 4.78 is 0. The first kappa shape index (κ1) is 14.1. The lowest BCUT2D eigenvalue weighted by Crippen LogP contribution is -2.28. The van der Waals surface area contributed by atoms with Crippen LogP contribution in [-0.2, 0) is 0 Å². The topological polar surface area (TPSA) is 49.3 Å². The van der Waals surface area contributed by atoms with Gasteiger partial charge in [0.25, 0.3) is 0 Å². The van der Waals surface area contributed by atoms with Crippen molar-refractivity contribution in [2.75, 3.05) is 5.32 Å². The molecule has 1 fully saturated rings. The largest absolute Gasteiger partial charge is 0.393 e. The molecule has 0 aliphatic heterocycles. The Kier molecular flexibility index (Phi) is 3.93. The zero-order valence-corrected chi connectivity index (χ0v) is 12.3. The quantitative estimate of drug-likeness (QED) is 0.843. The Morgan fingerprint density at radius 1 is 1.05 bits per heavy atom. The number of aliphatic hydroxyl groups is 1. The van der Waals surface area contributed by atoms with Crippen LogP contribution in [0.15, 0.2) is 36.4 Å². The van der Waals surface area contributed by atoms with Crippen LogP contribution in [0.1, 0.15) is 43.0 Å². The normalized spacial score (nSPS) is 22.2. The fraction of sp³-hybridized carbons (Fsp3) is 0.389. The molecule has 1 aliphatic rings. The highest BCUT2D eigenvalue weighted by atomic mass is 16.3. The van der Waals surface area contributed by atoms with Crippen LogP contribution in [0.2, 0.25) is 0 Å². The third-order valence-corrected chi connectivity index (χ3v) is 4.31. The van der Waals surface area contributed by atoms with Gasteiger partial charge in [0, 0.05) is 17.3 Å². The second kappa shape index (κ2) is 5.86. The number of anilines is 1. The van der Waals surface area contributed by atoms with Crippen molar-refractivity contribution in [3.8, 4) is 0 Å². The summed E-state index contributed by atoms with van der Waals surface area (Å²) in [4.78, 5) is 11.4. The molecule has 0 radical (unpaired) electrons. The molecule has 0 amide bonds. The molecule has 2 N–H and O–H groups in total. The number of hydrogen-bond donors (Lipinski definition) is 2. The van der Waals surface area contributed by atoms with Crippen molar-refractivity contribution in [1.82, 2.24) is 0 Å². The molecule has 0 spiro atoms. The molecule has 2 aromatic rings. The van der Waals surface area contributed by atoms with Crippen LogP contribution >= 0.6 is 0 Å². The summed E-state index contributed by atoms with van der Waals surface area (Å²) in [5, 5.41) is 15.3. The van der Waals surface area contributed by atoms with Gasteiger partial charge in [-0.25, -0.2) is 0 Å².